The molecule has 1 aromatic rings. The Morgan fingerprint density at radius 1 is 1.12 bits per heavy atom. The summed E-state index contributed by atoms with van der Waals surface area (Å²) in [5, 5.41) is 13.3. The number of carbonyl (C=O) groups excluding carboxylic acids is 3. The fourth-order valence-corrected chi connectivity index (χ4v) is 7.49. The Hall–Kier alpha value is -3.35. The Bertz CT molecular complexity index is 1390. The van der Waals surface area contributed by atoms with Crippen molar-refractivity contribution >= 4 is 39.4 Å². The lowest BCUT2D eigenvalue weighted by Gasteiger charge is -2.28. The molecule has 43 heavy (non-hydrogen) atoms. The number of alkyl carbamates (subject to hydrolysis) is 1. The van der Waals surface area contributed by atoms with Crippen LogP contribution in [0, 0.1) is 29.5 Å². The van der Waals surface area contributed by atoms with E-state index >= 15 is 4.39 Å². The van der Waals surface area contributed by atoms with Crippen molar-refractivity contribution in [2.75, 3.05) is 10.8 Å². The third-order valence-electron chi connectivity index (χ3n) is 9.01. The van der Waals surface area contributed by atoms with Gasteiger partial charge in [-0.05, 0) is 61.6 Å². The minimum absolute atomic E-state index is 0.0687. The molecule has 1 heterocycles. The van der Waals surface area contributed by atoms with E-state index in [1.165, 1.54) is 18.6 Å². The third-order valence-corrected chi connectivity index (χ3v) is 10.4. The number of nitrogens with one attached hydrogen (secondary N) is 2. The number of hydrogen-bond acceptors (Lipinski definition) is 8. The molecule has 11 nitrogen and oxygen atoms in total. The van der Waals surface area contributed by atoms with E-state index in [-0.39, 0.29) is 35.7 Å². The number of phenolic OH excluding ortho intramolecular Hbond substituents is 1. The van der Waals surface area contributed by atoms with E-state index in [9.17, 15) is 27.9 Å². The molecular weight excluding hydrogens is 581 g/mol. The van der Waals surface area contributed by atoms with Crippen LogP contribution >= 0.6 is 0 Å². The quantitative estimate of drug-likeness (QED) is 0.255. The van der Waals surface area contributed by atoms with Gasteiger partial charge >= 0.3 is 22.3 Å². The van der Waals surface area contributed by atoms with Gasteiger partial charge < -0.3 is 19.9 Å². The Balaban J connectivity index is 1.32. The van der Waals surface area contributed by atoms with E-state index in [1.807, 2.05) is 6.08 Å². The van der Waals surface area contributed by atoms with E-state index in [4.69, 9.17) is 9.47 Å². The van der Waals surface area contributed by atoms with Gasteiger partial charge in [0, 0.05) is 17.5 Å². The van der Waals surface area contributed by atoms with Crippen molar-refractivity contribution < 1.29 is 41.8 Å². The standard InChI is InChI=1S/C30H40FN3O8S/c1-17(2)29(41-28(37)19-8-3-4-9-19)42-30(38)32-23-15-21(14-20(23)11-10-18-6-5-7-18)22-12-13-24(35)27(26(22)31)34-16-25(36)33-43(34,39)40/h12-14,17-20,23,29,35H,3-11,15-16H2,1-2H3,(H,32,38)(H,33,36). The highest BCUT2D eigenvalue weighted by molar-refractivity contribution is 7.92. The lowest BCUT2D eigenvalue weighted by Crippen LogP contribution is -2.42. The molecule has 3 aliphatic carbocycles. The maximum atomic E-state index is 15.9. The van der Waals surface area contributed by atoms with Crippen LogP contribution in [0.1, 0.15) is 83.6 Å². The Morgan fingerprint density at radius 2 is 1.84 bits per heavy atom. The Morgan fingerprint density at radius 3 is 2.44 bits per heavy atom. The molecule has 5 rings (SSSR count). The maximum absolute atomic E-state index is 15.9. The van der Waals surface area contributed by atoms with Crippen LogP contribution in [0.25, 0.3) is 5.57 Å². The van der Waals surface area contributed by atoms with Gasteiger partial charge in [-0.2, -0.15) is 8.42 Å². The summed E-state index contributed by atoms with van der Waals surface area (Å²) in [6.45, 7) is 2.94. The summed E-state index contributed by atoms with van der Waals surface area (Å²) in [6, 6.07) is 2.10. The molecule has 4 aliphatic rings. The second kappa shape index (κ2) is 12.7. The molecule has 2 amide bonds. The van der Waals surface area contributed by atoms with Gasteiger partial charge in [-0.1, -0.05) is 52.0 Å². The highest BCUT2D eigenvalue weighted by Gasteiger charge is 2.39. The third kappa shape index (κ3) is 6.91. The van der Waals surface area contributed by atoms with Crippen molar-refractivity contribution in [2.24, 2.45) is 23.7 Å². The molecule has 0 spiro atoms. The molecule has 3 unspecified atom stereocenters. The number of benzene rings is 1. The smallest absolute Gasteiger partial charge is 0.410 e. The summed E-state index contributed by atoms with van der Waals surface area (Å²) in [5.41, 5.74) is -0.00624. The summed E-state index contributed by atoms with van der Waals surface area (Å²) < 4.78 is 54.2. The summed E-state index contributed by atoms with van der Waals surface area (Å²) in [7, 11) is -4.35. The molecule has 2 saturated carbocycles. The fourth-order valence-electron chi connectivity index (χ4n) is 6.33. The van der Waals surface area contributed by atoms with E-state index in [0.29, 0.717) is 15.8 Å². The second-order valence-electron chi connectivity index (χ2n) is 12.5. The minimum atomic E-state index is -4.35. The Labute approximate surface area is 251 Å². The largest absolute Gasteiger partial charge is 0.506 e. The molecule has 1 saturated heterocycles. The first kappa shape index (κ1) is 31.1. The van der Waals surface area contributed by atoms with Crippen molar-refractivity contribution in [2.45, 2.75) is 90.4 Å². The van der Waals surface area contributed by atoms with Crippen molar-refractivity contribution in [1.29, 1.82) is 0 Å². The van der Waals surface area contributed by atoms with Gasteiger partial charge in [0.25, 0.3) is 12.2 Å². The molecule has 13 heteroatoms. The lowest BCUT2D eigenvalue weighted by molar-refractivity contribution is -0.179. The first-order valence-electron chi connectivity index (χ1n) is 15.2. The zero-order chi connectivity index (χ0) is 30.9. The van der Waals surface area contributed by atoms with Crippen LogP contribution in [0.15, 0.2) is 18.2 Å². The monoisotopic (exact) mass is 621 g/mol. The summed E-state index contributed by atoms with van der Waals surface area (Å²) >= 11 is 0. The number of aromatic hydroxyl groups is 1. The maximum Gasteiger partial charge on any atom is 0.410 e. The fraction of sp³-hybridized carbons (Fsp3) is 0.633. The second-order valence-corrected chi connectivity index (χ2v) is 14.0. The topological polar surface area (TPSA) is 151 Å². The number of halogens is 1. The van der Waals surface area contributed by atoms with Crippen molar-refractivity contribution in [3.8, 4) is 5.75 Å². The van der Waals surface area contributed by atoms with Gasteiger partial charge in [0.15, 0.2) is 5.82 Å². The molecule has 3 atom stereocenters. The van der Waals surface area contributed by atoms with Crippen LogP contribution < -0.4 is 14.3 Å². The minimum Gasteiger partial charge on any atom is -0.506 e. The number of carbonyl (C=O) groups is 3. The first-order valence-corrected chi connectivity index (χ1v) is 16.6. The Kier molecular flexibility index (Phi) is 9.19. The highest BCUT2D eigenvalue weighted by atomic mass is 32.2. The van der Waals surface area contributed by atoms with E-state index in [2.05, 4.69) is 5.32 Å². The molecule has 0 aromatic heterocycles. The molecule has 1 aliphatic heterocycles. The van der Waals surface area contributed by atoms with E-state index in [0.717, 1.165) is 51.4 Å². The zero-order valence-corrected chi connectivity index (χ0v) is 25.3. The van der Waals surface area contributed by atoms with Crippen LogP contribution in [0.2, 0.25) is 0 Å². The SMILES string of the molecule is CC(C)C(OC(=O)NC1CC(c2ccc(O)c(N3CC(=O)NS3(=O)=O)c2F)=CC1CCC1CCC1)OC(=O)C1CCCC1. The molecule has 3 fully saturated rings. The van der Waals surface area contributed by atoms with E-state index < -0.39 is 58.3 Å². The van der Waals surface area contributed by atoms with Gasteiger partial charge in [0.05, 0.1) is 5.92 Å². The average Bonchev–Trinajstić information content (AvgIpc) is 3.62. The number of rotatable bonds is 10. The molecule has 0 radical (unpaired) electrons. The van der Waals surface area contributed by atoms with Crippen LogP contribution in [0.5, 0.6) is 5.75 Å². The molecule has 1 aromatic carbocycles. The number of esters is 1. The van der Waals surface area contributed by atoms with Gasteiger partial charge in [-0.3, -0.25) is 9.59 Å². The van der Waals surface area contributed by atoms with Crippen molar-refractivity contribution in [1.82, 2.24) is 10.0 Å². The summed E-state index contributed by atoms with van der Waals surface area (Å²) in [4.78, 5) is 37.5. The lowest BCUT2D eigenvalue weighted by atomic mass is 9.80. The number of hydrogen-bond donors (Lipinski definition) is 3. The highest BCUT2D eigenvalue weighted by Crippen LogP contribution is 2.43. The molecule has 236 valence electrons. The summed E-state index contributed by atoms with van der Waals surface area (Å²) in [5.74, 6) is -2.79. The van der Waals surface area contributed by atoms with Gasteiger partial charge in [-0.25, -0.2) is 18.2 Å². The van der Waals surface area contributed by atoms with Crippen molar-refractivity contribution in [3.05, 3.63) is 29.6 Å². The molecule has 3 N–H and O–H groups in total. The van der Waals surface area contributed by atoms with Gasteiger partial charge in [0.1, 0.15) is 18.0 Å². The van der Waals surface area contributed by atoms with Crippen LogP contribution in [-0.2, 0) is 29.3 Å². The number of amides is 2. The molecule has 0 bridgehead atoms. The zero-order valence-electron chi connectivity index (χ0n) is 24.5. The number of phenols is 1. The first-order chi connectivity index (χ1) is 20.4. The number of ether oxygens (including phenoxy) is 2. The van der Waals surface area contributed by atoms with Crippen molar-refractivity contribution in [3.63, 3.8) is 0 Å². The molecular formula is C30H40FN3O8S. The van der Waals surface area contributed by atoms with Gasteiger partial charge in [-0.15, -0.1) is 0 Å². The predicted molar refractivity (Wildman–Crippen MR) is 155 cm³/mol. The van der Waals surface area contributed by atoms with Crippen LogP contribution in [-0.4, -0.2) is 50.4 Å². The average molecular weight is 622 g/mol. The van der Waals surface area contributed by atoms with Crippen LogP contribution in [0.4, 0.5) is 14.9 Å². The normalized spacial score (nSPS) is 24.4. The van der Waals surface area contributed by atoms with E-state index in [1.54, 1.807) is 18.6 Å². The number of anilines is 1. The van der Waals surface area contributed by atoms with Gasteiger partial charge in [0.2, 0.25) is 0 Å². The summed E-state index contributed by atoms with van der Waals surface area (Å²) in [6.07, 6.45) is 8.97. The van der Waals surface area contributed by atoms with Crippen LogP contribution in [0.3, 0.4) is 0 Å². The number of nitrogens with zero attached hydrogens (tertiary/aromatic N) is 1. The predicted octanol–water partition coefficient (Wildman–Crippen LogP) is 4.51.